The molecule has 6 atom stereocenters. The molecule has 0 radical (unpaired) electrons. The first-order valence-corrected chi connectivity index (χ1v) is 11.2. The van der Waals surface area contributed by atoms with Gasteiger partial charge in [0, 0.05) is 36.8 Å². The minimum absolute atomic E-state index is 0.0104. The van der Waals surface area contributed by atoms with Gasteiger partial charge in [0.05, 0.1) is 0 Å². The van der Waals surface area contributed by atoms with E-state index in [-0.39, 0.29) is 29.5 Å². The Hall–Kier alpha value is -1.39. The molecule has 0 saturated heterocycles. The molecule has 0 bridgehead atoms. The van der Waals surface area contributed by atoms with E-state index in [1.54, 1.807) is 0 Å². The highest BCUT2D eigenvalue weighted by Crippen LogP contribution is 2.64. The number of ketones is 1. The molecule has 0 aliphatic heterocycles. The zero-order chi connectivity index (χ0) is 20.7. The van der Waals surface area contributed by atoms with Crippen LogP contribution >= 0.6 is 0 Å². The molecule has 5 heteroatoms. The molecule has 0 heterocycles. The third-order valence-corrected chi connectivity index (χ3v) is 8.82. The largest absolute Gasteiger partial charge is 0.550 e. The lowest BCUT2D eigenvalue weighted by Gasteiger charge is -2.55. The molecule has 3 fully saturated rings. The van der Waals surface area contributed by atoms with E-state index in [1.807, 2.05) is 25.7 Å². The molecule has 0 aromatic rings. The fraction of sp³-hybridized carbons (Fsp3) is 0.870. The molecule has 3 aliphatic rings. The first kappa shape index (κ1) is 21.3. The molecule has 0 N–H and O–H groups in total. The maximum Gasteiger partial charge on any atom is 0.226 e. The van der Waals surface area contributed by atoms with Crippen molar-refractivity contribution in [2.45, 2.75) is 79.1 Å². The number of Topliss-reactive ketones (excluding diaryl/α,β-unsaturated/α-hetero) is 1. The van der Waals surface area contributed by atoms with Crippen LogP contribution in [0.5, 0.6) is 0 Å². The van der Waals surface area contributed by atoms with Gasteiger partial charge in [-0.2, -0.15) is 0 Å². The number of carbonyl (C=O) groups excluding carboxylic acids is 3. The molecular weight excluding hydrogens is 354 g/mol. The summed E-state index contributed by atoms with van der Waals surface area (Å²) in [5.41, 5.74) is -0.540. The van der Waals surface area contributed by atoms with Gasteiger partial charge < -0.3 is 14.8 Å². The van der Waals surface area contributed by atoms with Crippen molar-refractivity contribution in [2.24, 2.45) is 34.5 Å². The maximum atomic E-state index is 13.2. The van der Waals surface area contributed by atoms with Crippen LogP contribution in [-0.2, 0) is 14.4 Å². The summed E-state index contributed by atoms with van der Waals surface area (Å²) in [7, 11) is 0. The number of fused-ring (bicyclic) bond motifs is 3. The van der Waals surface area contributed by atoms with Crippen LogP contribution in [0.3, 0.4) is 0 Å². The van der Waals surface area contributed by atoms with Crippen molar-refractivity contribution < 1.29 is 19.5 Å². The van der Waals surface area contributed by atoms with E-state index in [0.717, 1.165) is 45.2 Å². The highest BCUT2D eigenvalue weighted by molar-refractivity contribution is 5.86. The molecule has 0 spiro atoms. The van der Waals surface area contributed by atoms with E-state index in [1.165, 1.54) is 0 Å². The van der Waals surface area contributed by atoms with Gasteiger partial charge in [-0.1, -0.05) is 13.8 Å². The quantitative estimate of drug-likeness (QED) is 0.699. The summed E-state index contributed by atoms with van der Waals surface area (Å²) in [5, 5.41) is 11.1. The second-order valence-electron chi connectivity index (χ2n) is 9.81. The summed E-state index contributed by atoms with van der Waals surface area (Å²) in [4.78, 5) is 39.0. The Morgan fingerprint density at radius 3 is 2.36 bits per heavy atom. The minimum Gasteiger partial charge on any atom is -0.550 e. The van der Waals surface area contributed by atoms with Crippen LogP contribution in [0.4, 0.5) is 0 Å². The number of rotatable bonds is 6. The lowest BCUT2D eigenvalue weighted by molar-refractivity contribution is -0.306. The summed E-state index contributed by atoms with van der Waals surface area (Å²) < 4.78 is 0. The molecule has 0 aromatic heterocycles. The summed E-state index contributed by atoms with van der Waals surface area (Å²) >= 11 is 0. The number of aliphatic carboxylic acids is 1. The van der Waals surface area contributed by atoms with Gasteiger partial charge in [-0.05, 0) is 82.0 Å². The average Bonchev–Trinajstić information content (AvgIpc) is 3.01. The normalized spacial score (nSPS) is 39.9. The number of hydrogen-bond donors (Lipinski definition) is 0. The summed E-state index contributed by atoms with van der Waals surface area (Å²) in [5.74, 6) is 0.692. The van der Waals surface area contributed by atoms with Crippen LogP contribution in [0.25, 0.3) is 0 Å². The molecular formula is C23H36NO4-. The topological polar surface area (TPSA) is 77.5 Å². The predicted octanol–water partition coefficient (Wildman–Crippen LogP) is 2.81. The van der Waals surface area contributed by atoms with Crippen molar-refractivity contribution in [1.82, 2.24) is 4.90 Å². The number of carboxylic acid groups (broad SMARTS) is 1. The van der Waals surface area contributed by atoms with E-state index < -0.39 is 11.4 Å². The molecule has 1 amide bonds. The highest BCUT2D eigenvalue weighted by atomic mass is 16.4. The Bertz CT molecular complexity index is 643. The van der Waals surface area contributed by atoms with Crippen LogP contribution in [0.1, 0.15) is 79.1 Å². The first-order valence-electron chi connectivity index (χ1n) is 11.2. The Kier molecular flexibility index (Phi) is 5.94. The Morgan fingerprint density at radius 1 is 1.07 bits per heavy atom. The van der Waals surface area contributed by atoms with Crippen molar-refractivity contribution >= 4 is 17.7 Å². The first-order chi connectivity index (χ1) is 13.2. The summed E-state index contributed by atoms with van der Waals surface area (Å²) in [6.45, 7) is 9.90. The van der Waals surface area contributed by atoms with Gasteiger partial charge in [-0.3, -0.25) is 9.59 Å². The molecule has 3 aliphatic carbocycles. The van der Waals surface area contributed by atoms with Gasteiger partial charge in [-0.15, -0.1) is 0 Å². The molecule has 0 unspecified atom stereocenters. The third-order valence-electron chi connectivity index (χ3n) is 8.82. The van der Waals surface area contributed by atoms with Crippen molar-refractivity contribution in [3.8, 4) is 0 Å². The SMILES string of the molecule is CCN(CC)C(=O)[C@H]1CC[C@H]2[C@@H]3CCC(=O)[C@@](C)(CCC(=O)[O-])[C@@H]3CC[C@@]12C. The fourth-order valence-electron chi connectivity index (χ4n) is 7.12. The van der Waals surface area contributed by atoms with Crippen molar-refractivity contribution in [1.29, 1.82) is 0 Å². The predicted molar refractivity (Wildman–Crippen MR) is 105 cm³/mol. The zero-order valence-electron chi connectivity index (χ0n) is 18.0. The molecule has 0 aromatic carbocycles. The summed E-state index contributed by atoms with van der Waals surface area (Å²) in [6.07, 6.45) is 5.68. The summed E-state index contributed by atoms with van der Waals surface area (Å²) in [6, 6.07) is 0. The monoisotopic (exact) mass is 390 g/mol. The molecule has 5 nitrogen and oxygen atoms in total. The second kappa shape index (κ2) is 7.79. The van der Waals surface area contributed by atoms with Crippen molar-refractivity contribution in [3.05, 3.63) is 0 Å². The van der Waals surface area contributed by atoms with Crippen molar-refractivity contribution in [2.75, 3.05) is 13.1 Å². The van der Waals surface area contributed by atoms with Crippen LogP contribution in [0.15, 0.2) is 0 Å². The average molecular weight is 391 g/mol. The molecule has 28 heavy (non-hydrogen) atoms. The van der Waals surface area contributed by atoms with Gasteiger partial charge in [0.25, 0.3) is 0 Å². The van der Waals surface area contributed by atoms with Gasteiger partial charge in [0.1, 0.15) is 5.78 Å². The van der Waals surface area contributed by atoms with E-state index >= 15 is 0 Å². The van der Waals surface area contributed by atoms with E-state index in [0.29, 0.717) is 30.6 Å². The van der Waals surface area contributed by atoms with Crippen LogP contribution in [-0.4, -0.2) is 35.6 Å². The molecule has 3 saturated carbocycles. The van der Waals surface area contributed by atoms with Crippen LogP contribution in [0.2, 0.25) is 0 Å². The van der Waals surface area contributed by atoms with Crippen LogP contribution < -0.4 is 5.11 Å². The Labute approximate surface area is 169 Å². The van der Waals surface area contributed by atoms with Gasteiger partial charge >= 0.3 is 0 Å². The molecule has 158 valence electrons. The number of nitrogens with zero attached hydrogens (tertiary/aromatic N) is 1. The highest BCUT2D eigenvalue weighted by Gasteiger charge is 2.60. The Morgan fingerprint density at radius 2 is 1.75 bits per heavy atom. The minimum atomic E-state index is -1.07. The lowest BCUT2D eigenvalue weighted by Crippen LogP contribution is -2.53. The number of hydrogen-bond acceptors (Lipinski definition) is 4. The third kappa shape index (κ3) is 3.29. The zero-order valence-corrected chi connectivity index (χ0v) is 18.0. The van der Waals surface area contributed by atoms with E-state index in [9.17, 15) is 19.5 Å². The van der Waals surface area contributed by atoms with E-state index in [2.05, 4.69) is 6.92 Å². The lowest BCUT2D eigenvalue weighted by atomic mass is 9.48. The number of carbonyl (C=O) groups is 3. The van der Waals surface area contributed by atoms with Crippen molar-refractivity contribution in [3.63, 3.8) is 0 Å². The Balaban J connectivity index is 1.84. The van der Waals surface area contributed by atoms with Gasteiger partial charge in [0.15, 0.2) is 0 Å². The second-order valence-corrected chi connectivity index (χ2v) is 9.81. The smallest absolute Gasteiger partial charge is 0.226 e. The maximum absolute atomic E-state index is 13.2. The van der Waals surface area contributed by atoms with E-state index in [4.69, 9.17) is 0 Å². The number of carboxylic acids is 1. The number of amides is 1. The van der Waals surface area contributed by atoms with Gasteiger partial charge in [-0.25, -0.2) is 0 Å². The van der Waals surface area contributed by atoms with Crippen LogP contribution in [0, 0.1) is 34.5 Å². The fourth-order valence-corrected chi connectivity index (χ4v) is 7.12. The van der Waals surface area contributed by atoms with Gasteiger partial charge in [0.2, 0.25) is 5.91 Å². The molecule has 3 rings (SSSR count). The standard InChI is InChI=1S/C23H37NO4/c1-5-24(6-2)21(28)18-9-8-16-15-7-10-19(25)23(4,14-12-20(26)27)17(15)11-13-22(16,18)3/h15-18H,5-14H2,1-4H3,(H,26,27)/p-1/t15-,16-,17+,18+,22+,23-/m0/s1.